The average Bonchev–Trinajstić information content (AvgIpc) is 2.55. The topological polar surface area (TPSA) is 65.4 Å². The molecule has 1 aliphatic rings. The van der Waals surface area contributed by atoms with E-state index in [1.54, 1.807) is 6.92 Å². The zero-order chi connectivity index (χ0) is 19.1. The molecule has 2 aromatic rings. The summed E-state index contributed by atoms with van der Waals surface area (Å²) in [6.07, 6.45) is 0.813. The predicted octanol–water partition coefficient (Wildman–Crippen LogP) is 3.31. The number of carbonyl (C=O) groups excluding carboxylic acids is 2. The van der Waals surface area contributed by atoms with Crippen LogP contribution >= 0.6 is 0 Å². The Morgan fingerprint density at radius 2 is 1.85 bits per heavy atom. The van der Waals surface area contributed by atoms with Crippen LogP contribution in [0.3, 0.4) is 0 Å². The minimum absolute atomic E-state index is 0.118. The lowest BCUT2D eigenvalue weighted by atomic mass is 9.75. The Bertz CT molecular complexity index is 942. The number of halogens is 1. The zero-order valence-corrected chi connectivity index (χ0v) is 15.0. The molecule has 0 unspecified atom stereocenters. The van der Waals surface area contributed by atoms with Crippen LogP contribution in [0.15, 0.2) is 35.1 Å². The molecule has 0 fully saturated rings. The van der Waals surface area contributed by atoms with Gasteiger partial charge in [-0.3, -0.25) is 14.2 Å². The molecule has 0 amide bonds. The van der Waals surface area contributed by atoms with E-state index >= 15 is 0 Å². The lowest BCUT2D eigenvalue weighted by molar-refractivity contribution is 0.0523. The zero-order valence-electron chi connectivity index (χ0n) is 15.0. The lowest BCUT2D eigenvalue weighted by Gasteiger charge is -2.32. The van der Waals surface area contributed by atoms with E-state index in [1.165, 1.54) is 34.9 Å². The Hall–Kier alpha value is -2.76. The van der Waals surface area contributed by atoms with Crippen LogP contribution in [0.25, 0.3) is 5.69 Å². The SMILES string of the molecule is CCOC(=O)c1cc2c(n(-c3ccc(F)cc3)c1=O)CC(C)(C)CC2=O. The summed E-state index contributed by atoms with van der Waals surface area (Å²) in [5, 5.41) is 0. The first-order valence-electron chi connectivity index (χ1n) is 8.49. The van der Waals surface area contributed by atoms with E-state index in [-0.39, 0.29) is 23.4 Å². The predicted molar refractivity (Wildman–Crippen MR) is 94.4 cm³/mol. The smallest absolute Gasteiger partial charge is 0.343 e. The molecule has 0 saturated heterocycles. The molecule has 1 heterocycles. The van der Waals surface area contributed by atoms with Crippen molar-refractivity contribution >= 4 is 11.8 Å². The van der Waals surface area contributed by atoms with Gasteiger partial charge in [0.25, 0.3) is 5.56 Å². The van der Waals surface area contributed by atoms with E-state index < -0.39 is 17.3 Å². The van der Waals surface area contributed by atoms with E-state index in [0.29, 0.717) is 29.8 Å². The van der Waals surface area contributed by atoms with Crippen LogP contribution in [0.5, 0.6) is 0 Å². The van der Waals surface area contributed by atoms with Crippen molar-refractivity contribution in [1.29, 1.82) is 0 Å². The number of rotatable bonds is 3. The molecule has 1 aliphatic carbocycles. The Balaban J connectivity index is 2.32. The fraction of sp³-hybridized carbons (Fsp3) is 0.350. The van der Waals surface area contributed by atoms with Crippen molar-refractivity contribution in [3.8, 4) is 5.69 Å². The van der Waals surface area contributed by atoms with Crippen LogP contribution in [-0.4, -0.2) is 22.9 Å². The molecule has 136 valence electrons. The van der Waals surface area contributed by atoms with Crippen LogP contribution in [0.2, 0.25) is 0 Å². The molecule has 6 heteroatoms. The van der Waals surface area contributed by atoms with Crippen molar-refractivity contribution in [2.75, 3.05) is 6.61 Å². The van der Waals surface area contributed by atoms with Gasteiger partial charge in [0.15, 0.2) is 5.78 Å². The number of nitrogens with zero attached hydrogens (tertiary/aromatic N) is 1. The van der Waals surface area contributed by atoms with E-state index in [1.807, 2.05) is 13.8 Å². The minimum Gasteiger partial charge on any atom is -0.462 e. The molecular formula is C20H20FNO4. The second-order valence-electron chi connectivity index (χ2n) is 7.20. The third kappa shape index (κ3) is 3.19. The lowest BCUT2D eigenvalue weighted by Crippen LogP contribution is -2.36. The number of Topliss-reactive ketones (excluding diaryl/α,β-unsaturated/α-hetero) is 1. The van der Waals surface area contributed by atoms with E-state index in [0.717, 1.165) is 0 Å². The third-order valence-electron chi connectivity index (χ3n) is 4.47. The highest BCUT2D eigenvalue weighted by atomic mass is 19.1. The number of aromatic nitrogens is 1. The Morgan fingerprint density at radius 1 is 1.19 bits per heavy atom. The van der Waals surface area contributed by atoms with E-state index in [4.69, 9.17) is 4.74 Å². The van der Waals surface area contributed by atoms with Gasteiger partial charge in [0.05, 0.1) is 6.61 Å². The Morgan fingerprint density at radius 3 is 2.46 bits per heavy atom. The number of esters is 1. The molecule has 0 aliphatic heterocycles. The molecular weight excluding hydrogens is 337 g/mol. The summed E-state index contributed by atoms with van der Waals surface area (Å²) in [5.74, 6) is -1.33. The van der Waals surface area contributed by atoms with Gasteiger partial charge in [0.2, 0.25) is 0 Å². The Labute approximate surface area is 150 Å². The highest BCUT2D eigenvalue weighted by Crippen LogP contribution is 2.35. The van der Waals surface area contributed by atoms with Gasteiger partial charge in [-0.1, -0.05) is 13.8 Å². The number of pyridine rings is 1. The van der Waals surface area contributed by atoms with Gasteiger partial charge in [-0.25, -0.2) is 9.18 Å². The van der Waals surface area contributed by atoms with Gasteiger partial charge in [0.1, 0.15) is 11.4 Å². The first-order valence-corrected chi connectivity index (χ1v) is 8.49. The van der Waals surface area contributed by atoms with Crippen LogP contribution in [0, 0.1) is 11.2 Å². The molecule has 1 aromatic heterocycles. The van der Waals surface area contributed by atoms with E-state index in [2.05, 4.69) is 0 Å². The fourth-order valence-electron chi connectivity index (χ4n) is 3.33. The molecule has 0 spiro atoms. The maximum Gasteiger partial charge on any atom is 0.343 e. The van der Waals surface area contributed by atoms with Crippen molar-refractivity contribution in [2.24, 2.45) is 5.41 Å². The summed E-state index contributed by atoms with van der Waals surface area (Å²) >= 11 is 0. The quantitative estimate of drug-likeness (QED) is 0.791. The summed E-state index contributed by atoms with van der Waals surface area (Å²) in [4.78, 5) is 37.9. The van der Waals surface area contributed by atoms with Gasteiger partial charge >= 0.3 is 5.97 Å². The number of carbonyl (C=O) groups is 2. The van der Waals surface area contributed by atoms with Crippen LogP contribution in [0.4, 0.5) is 4.39 Å². The van der Waals surface area contributed by atoms with Gasteiger partial charge in [0, 0.05) is 23.4 Å². The highest BCUT2D eigenvalue weighted by Gasteiger charge is 2.35. The second-order valence-corrected chi connectivity index (χ2v) is 7.20. The van der Waals surface area contributed by atoms with Crippen molar-refractivity contribution in [3.63, 3.8) is 0 Å². The molecule has 5 nitrogen and oxygen atoms in total. The molecule has 0 saturated carbocycles. The van der Waals surface area contributed by atoms with Gasteiger partial charge in [-0.05, 0) is 49.1 Å². The van der Waals surface area contributed by atoms with Gasteiger partial charge in [-0.2, -0.15) is 0 Å². The van der Waals surface area contributed by atoms with Gasteiger partial charge in [-0.15, -0.1) is 0 Å². The van der Waals surface area contributed by atoms with Crippen molar-refractivity contribution in [2.45, 2.75) is 33.6 Å². The summed E-state index contributed by atoms with van der Waals surface area (Å²) in [7, 11) is 0. The molecule has 0 bridgehead atoms. The first-order chi connectivity index (χ1) is 12.2. The Kier molecular flexibility index (Phi) is 4.52. The molecule has 1 aromatic carbocycles. The third-order valence-corrected chi connectivity index (χ3v) is 4.47. The van der Waals surface area contributed by atoms with Crippen molar-refractivity contribution in [1.82, 2.24) is 4.57 Å². The summed E-state index contributed by atoms with van der Waals surface area (Å²) < 4.78 is 19.6. The largest absolute Gasteiger partial charge is 0.462 e. The number of hydrogen-bond acceptors (Lipinski definition) is 4. The number of ether oxygens (including phenoxy) is 1. The number of ketones is 1. The maximum absolute atomic E-state index is 13.3. The highest BCUT2D eigenvalue weighted by molar-refractivity contribution is 6.01. The molecule has 26 heavy (non-hydrogen) atoms. The average molecular weight is 357 g/mol. The molecule has 3 rings (SSSR count). The summed E-state index contributed by atoms with van der Waals surface area (Å²) in [6.45, 7) is 5.66. The van der Waals surface area contributed by atoms with Crippen LogP contribution in [-0.2, 0) is 11.2 Å². The van der Waals surface area contributed by atoms with Crippen LogP contribution < -0.4 is 5.56 Å². The summed E-state index contributed by atoms with van der Waals surface area (Å²) in [6, 6.07) is 6.73. The number of hydrogen-bond donors (Lipinski definition) is 0. The van der Waals surface area contributed by atoms with E-state index in [9.17, 15) is 18.8 Å². The normalized spacial score (nSPS) is 15.5. The minimum atomic E-state index is -0.770. The number of benzene rings is 1. The maximum atomic E-state index is 13.3. The molecule has 0 atom stereocenters. The molecule has 0 radical (unpaired) electrons. The second kappa shape index (κ2) is 6.52. The molecule has 0 N–H and O–H groups in total. The van der Waals surface area contributed by atoms with Crippen LogP contribution in [0.1, 0.15) is 53.6 Å². The summed E-state index contributed by atoms with van der Waals surface area (Å²) in [5.41, 5.74) is 0.211. The number of fused-ring (bicyclic) bond motifs is 1. The van der Waals surface area contributed by atoms with Crippen molar-refractivity contribution in [3.05, 3.63) is 63.3 Å². The standard InChI is InChI=1S/C20H20FNO4/c1-4-26-19(25)15-9-14-16(10-20(2,3)11-17(14)23)22(18(15)24)13-7-5-12(21)6-8-13/h5-9H,4,10-11H2,1-3H3. The first kappa shape index (κ1) is 18.0. The fourth-order valence-corrected chi connectivity index (χ4v) is 3.33. The monoisotopic (exact) mass is 357 g/mol. The van der Waals surface area contributed by atoms with Crippen molar-refractivity contribution < 1.29 is 18.7 Å². The van der Waals surface area contributed by atoms with Gasteiger partial charge < -0.3 is 4.74 Å².